The number of rotatable bonds is 0. The van der Waals surface area contributed by atoms with E-state index in [1.165, 1.54) is 0 Å². The molecule has 0 saturated heterocycles. The van der Waals surface area contributed by atoms with Crippen LogP contribution >= 0.6 is 0 Å². The lowest BCUT2D eigenvalue weighted by atomic mass is 11.3. The number of nitrogens with zero attached hydrogens (tertiary/aromatic N) is 3. The monoisotopic (exact) mass is 100 g/mol. The Morgan fingerprint density at radius 2 is 2.29 bits per heavy atom. The van der Waals surface area contributed by atoms with Gasteiger partial charge in [0.05, 0.1) is 0 Å². The molecule has 1 aliphatic rings. The summed E-state index contributed by atoms with van der Waals surface area (Å²) in [6.07, 6.45) is 1.62. The SMILES string of the molecule is CN1N=CNN1C. The van der Waals surface area contributed by atoms with Crippen LogP contribution in [0.15, 0.2) is 5.10 Å². The second-order valence-electron chi connectivity index (χ2n) is 1.39. The van der Waals surface area contributed by atoms with Gasteiger partial charge in [-0.25, -0.2) is 5.12 Å². The van der Waals surface area contributed by atoms with Gasteiger partial charge >= 0.3 is 0 Å². The quantitative estimate of drug-likeness (QED) is 0.433. The Hall–Kier alpha value is -0.770. The Bertz CT molecular complexity index is 88.9. The van der Waals surface area contributed by atoms with Gasteiger partial charge in [-0.05, 0) is 0 Å². The van der Waals surface area contributed by atoms with Crippen molar-refractivity contribution in [1.82, 2.24) is 15.7 Å². The molecule has 1 N–H and O–H groups in total. The third kappa shape index (κ3) is 0.640. The maximum Gasteiger partial charge on any atom is 0.126 e. The molecule has 0 radical (unpaired) electrons. The maximum absolute atomic E-state index is 3.84. The predicted octanol–water partition coefficient (Wildman–Crippen LogP) is -0.774. The number of hydrazone groups is 1. The van der Waals surface area contributed by atoms with Crippen LogP contribution in [0.1, 0.15) is 0 Å². The van der Waals surface area contributed by atoms with E-state index in [0.29, 0.717) is 0 Å². The second kappa shape index (κ2) is 1.38. The molecule has 0 fully saturated rings. The molecule has 1 rings (SSSR count). The van der Waals surface area contributed by atoms with Gasteiger partial charge in [0, 0.05) is 14.1 Å². The number of hydrogen-bond acceptors (Lipinski definition) is 4. The van der Waals surface area contributed by atoms with E-state index in [4.69, 9.17) is 0 Å². The van der Waals surface area contributed by atoms with Gasteiger partial charge in [-0.3, -0.25) is 5.43 Å². The molecule has 0 aromatic heterocycles. The summed E-state index contributed by atoms with van der Waals surface area (Å²) in [4.78, 5) is 0. The van der Waals surface area contributed by atoms with Crippen LogP contribution in [0, 0.1) is 0 Å². The predicted molar refractivity (Wildman–Crippen MR) is 27.2 cm³/mol. The fraction of sp³-hybridized carbons (Fsp3) is 0.667. The molecule has 0 unspecified atom stereocenters. The molecule has 0 atom stereocenters. The third-order valence-corrected chi connectivity index (χ3v) is 0.904. The number of hydrogen-bond donors (Lipinski definition) is 1. The standard InChI is InChI=1S/C3H8N4/c1-6-4-3-5-7(6)2/h3H,1-2H3,(H,4,5). The van der Waals surface area contributed by atoms with E-state index in [-0.39, 0.29) is 0 Å². The molecule has 0 spiro atoms. The van der Waals surface area contributed by atoms with Gasteiger partial charge in [0.25, 0.3) is 0 Å². The summed E-state index contributed by atoms with van der Waals surface area (Å²) in [5.41, 5.74) is 2.84. The first kappa shape index (κ1) is 4.39. The van der Waals surface area contributed by atoms with Crippen molar-refractivity contribution in [3.63, 3.8) is 0 Å². The van der Waals surface area contributed by atoms with E-state index < -0.39 is 0 Å². The van der Waals surface area contributed by atoms with Crippen LogP contribution in [0.5, 0.6) is 0 Å². The Balaban J connectivity index is 2.45. The molecule has 4 nitrogen and oxygen atoms in total. The molecule has 1 aliphatic heterocycles. The van der Waals surface area contributed by atoms with Crippen LogP contribution in [0.4, 0.5) is 0 Å². The summed E-state index contributed by atoms with van der Waals surface area (Å²) < 4.78 is 0. The fourth-order valence-corrected chi connectivity index (χ4v) is 0.354. The summed E-state index contributed by atoms with van der Waals surface area (Å²) in [6.45, 7) is 0. The van der Waals surface area contributed by atoms with Crippen LogP contribution < -0.4 is 5.43 Å². The second-order valence-corrected chi connectivity index (χ2v) is 1.39. The molecule has 7 heavy (non-hydrogen) atoms. The Kier molecular flexibility index (Phi) is 0.867. The molecule has 0 bridgehead atoms. The fourth-order valence-electron chi connectivity index (χ4n) is 0.354. The van der Waals surface area contributed by atoms with Crippen molar-refractivity contribution in [3.8, 4) is 0 Å². The minimum absolute atomic E-state index is 1.62. The molecule has 0 amide bonds. The molecule has 0 aliphatic carbocycles. The van der Waals surface area contributed by atoms with Gasteiger partial charge in [-0.15, -0.1) is 10.2 Å². The van der Waals surface area contributed by atoms with Crippen LogP contribution in [-0.4, -0.2) is 30.7 Å². The first-order valence-corrected chi connectivity index (χ1v) is 2.06. The topological polar surface area (TPSA) is 30.9 Å². The average molecular weight is 100 g/mol. The molecule has 0 aromatic carbocycles. The summed E-state index contributed by atoms with van der Waals surface area (Å²) in [7, 11) is 3.74. The minimum atomic E-state index is 1.62. The van der Waals surface area contributed by atoms with E-state index in [2.05, 4.69) is 10.5 Å². The van der Waals surface area contributed by atoms with Crippen LogP contribution in [0.2, 0.25) is 0 Å². The molecular weight excluding hydrogens is 92.1 g/mol. The van der Waals surface area contributed by atoms with Crippen molar-refractivity contribution in [2.45, 2.75) is 0 Å². The summed E-state index contributed by atoms with van der Waals surface area (Å²) in [5.74, 6) is 0. The zero-order chi connectivity index (χ0) is 5.28. The third-order valence-electron chi connectivity index (χ3n) is 0.904. The molecular formula is C3H8N4. The average Bonchev–Trinajstić information content (AvgIpc) is 1.91. The molecule has 1 heterocycles. The highest BCUT2D eigenvalue weighted by molar-refractivity contribution is 5.54. The zero-order valence-corrected chi connectivity index (χ0v) is 4.42. The molecule has 4 heteroatoms. The highest BCUT2D eigenvalue weighted by atomic mass is 15.9. The molecule has 0 saturated carbocycles. The number of nitrogens with one attached hydrogen (secondary N) is 1. The van der Waals surface area contributed by atoms with Crippen molar-refractivity contribution >= 4 is 6.34 Å². The highest BCUT2D eigenvalue weighted by Crippen LogP contribution is 1.88. The van der Waals surface area contributed by atoms with Gasteiger partial charge in [-0.1, -0.05) is 0 Å². The summed E-state index contributed by atoms with van der Waals surface area (Å²) in [5, 5.41) is 7.30. The number of hydrazine groups is 2. The smallest absolute Gasteiger partial charge is 0.126 e. The lowest BCUT2D eigenvalue weighted by Gasteiger charge is -2.15. The van der Waals surface area contributed by atoms with Gasteiger partial charge in [-0.2, -0.15) is 0 Å². The normalized spacial score (nSPS) is 20.6. The zero-order valence-electron chi connectivity index (χ0n) is 4.42. The highest BCUT2D eigenvalue weighted by Gasteiger charge is 2.02. The van der Waals surface area contributed by atoms with E-state index >= 15 is 0 Å². The maximum atomic E-state index is 3.84. The van der Waals surface area contributed by atoms with Gasteiger partial charge in [0.2, 0.25) is 0 Å². The summed E-state index contributed by atoms with van der Waals surface area (Å²) in [6, 6.07) is 0. The van der Waals surface area contributed by atoms with E-state index in [1.807, 2.05) is 14.1 Å². The van der Waals surface area contributed by atoms with E-state index in [1.54, 1.807) is 16.6 Å². The van der Waals surface area contributed by atoms with E-state index in [0.717, 1.165) is 0 Å². The van der Waals surface area contributed by atoms with Crippen molar-refractivity contribution in [1.29, 1.82) is 0 Å². The Morgan fingerprint density at radius 3 is 2.43 bits per heavy atom. The van der Waals surface area contributed by atoms with Gasteiger partial charge < -0.3 is 0 Å². The molecule has 40 valence electrons. The van der Waals surface area contributed by atoms with Crippen molar-refractivity contribution in [3.05, 3.63) is 0 Å². The van der Waals surface area contributed by atoms with Gasteiger partial charge in [0.15, 0.2) is 0 Å². The van der Waals surface area contributed by atoms with E-state index in [9.17, 15) is 0 Å². The van der Waals surface area contributed by atoms with Crippen molar-refractivity contribution in [2.75, 3.05) is 14.1 Å². The van der Waals surface area contributed by atoms with Gasteiger partial charge in [0.1, 0.15) is 6.34 Å². The first-order valence-electron chi connectivity index (χ1n) is 2.06. The van der Waals surface area contributed by atoms with Crippen LogP contribution in [0.3, 0.4) is 0 Å². The summed E-state index contributed by atoms with van der Waals surface area (Å²) >= 11 is 0. The minimum Gasteiger partial charge on any atom is -0.289 e. The lowest BCUT2D eigenvalue weighted by molar-refractivity contribution is 0.0277. The van der Waals surface area contributed by atoms with Crippen LogP contribution in [0.25, 0.3) is 0 Å². The Morgan fingerprint density at radius 1 is 1.57 bits per heavy atom. The van der Waals surface area contributed by atoms with Crippen molar-refractivity contribution in [2.24, 2.45) is 5.10 Å². The largest absolute Gasteiger partial charge is 0.289 e. The van der Waals surface area contributed by atoms with Crippen molar-refractivity contribution < 1.29 is 0 Å². The molecule has 0 aromatic rings. The Labute approximate surface area is 42.3 Å². The van der Waals surface area contributed by atoms with Crippen LogP contribution in [-0.2, 0) is 0 Å². The first-order chi connectivity index (χ1) is 3.30. The lowest BCUT2D eigenvalue weighted by Crippen LogP contribution is -2.35.